The van der Waals surface area contributed by atoms with Crippen LogP contribution in [0.5, 0.6) is 0 Å². The lowest BCUT2D eigenvalue weighted by atomic mass is 10.3. The molecule has 92 valence electrons. The number of rotatable bonds is 6. The summed E-state index contributed by atoms with van der Waals surface area (Å²) >= 11 is 1.63. The summed E-state index contributed by atoms with van der Waals surface area (Å²) in [5.74, 6) is 1.62. The van der Waals surface area contributed by atoms with Crippen LogP contribution in [0.3, 0.4) is 0 Å². The van der Waals surface area contributed by atoms with E-state index in [2.05, 4.69) is 6.08 Å². The molecule has 0 heterocycles. The largest absolute Gasteiger partial charge is 0.327 e. The number of amides is 1. The number of nitrogens with two attached hydrogens (primary N) is 1. The maximum atomic E-state index is 12.0. The quantitative estimate of drug-likeness (QED) is 0.774. The highest BCUT2D eigenvalue weighted by Crippen LogP contribution is 2.22. The van der Waals surface area contributed by atoms with Gasteiger partial charge in [-0.05, 0) is 33.1 Å². The Morgan fingerprint density at radius 1 is 1.69 bits per heavy atom. The molecule has 1 aliphatic carbocycles. The van der Waals surface area contributed by atoms with Crippen LogP contribution in [0.2, 0.25) is 0 Å². The normalized spacial score (nSPS) is 17.1. The zero-order valence-electron chi connectivity index (χ0n) is 10.2. The molecule has 1 amide bonds. The number of hydrogen-bond donors (Lipinski definition) is 1. The van der Waals surface area contributed by atoms with Crippen molar-refractivity contribution in [2.45, 2.75) is 39.2 Å². The Labute approximate surface area is 102 Å². The fraction of sp³-hybridized carbons (Fsp3) is 0.750. The molecule has 0 aliphatic heterocycles. The summed E-state index contributed by atoms with van der Waals surface area (Å²) in [6.07, 6.45) is 5.55. The van der Waals surface area contributed by atoms with E-state index in [1.807, 2.05) is 18.7 Å². The molecule has 0 radical (unpaired) electrons. The Hall–Kier alpha value is -0.480. The fourth-order valence-corrected chi connectivity index (χ4v) is 2.67. The molecule has 1 unspecified atom stereocenters. The number of hydrogen-bond acceptors (Lipinski definition) is 3. The average molecular weight is 242 g/mol. The van der Waals surface area contributed by atoms with Crippen molar-refractivity contribution >= 4 is 17.7 Å². The molecule has 4 heteroatoms. The summed E-state index contributed by atoms with van der Waals surface area (Å²) < 4.78 is 0. The average Bonchev–Trinajstić information content (AvgIpc) is 2.71. The van der Waals surface area contributed by atoms with Crippen molar-refractivity contribution in [3.8, 4) is 0 Å². The van der Waals surface area contributed by atoms with Crippen molar-refractivity contribution < 1.29 is 4.79 Å². The van der Waals surface area contributed by atoms with Gasteiger partial charge in [-0.3, -0.25) is 4.79 Å². The van der Waals surface area contributed by atoms with Gasteiger partial charge >= 0.3 is 0 Å². The maximum Gasteiger partial charge on any atom is 0.236 e. The Balaban J connectivity index is 2.37. The highest BCUT2D eigenvalue weighted by atomic mass is 32.2. The first-order chi connectivity index (χ1) is 7.65. The van der Waals surface area contributed by atoms with Gasteiger partial charge in [0.1, 0.15) is 0 Å². The molecule has 0 aromatic rings. The summed E-state index contributed by atoms with van der Waals surface area (Å²) in [7, 11) is 0. The third kappa shape index (κ3) is 4.18. The van der Waals surface area contributed by atoms with Crippen LogP contribution in [0.4, 0.5) is 0 Å². The van der Waals surface area contributed by atoms with E-state index in [1.54, 1.807) is 11.8 Å². The lowest BCUT2D eigenvalue weighted by Crippen LogP contribution is -2.31. The van der Waals surface area contributed by atoms with Crippen molar-refractivity contribution in [1.29, 1.82) is 0 Å². The predicted octanol–water partition coefficient (Wildman–Crippen LogP) is 1.98. The zero-order chi connectivity index (χ0) is 12.0. The molecule has 0 fully saturated rings. The van der Waals surface area contributed by atoms with Crippen molar-refractivity contribution in [3.05, 3.63) is 11.8 Å². The highest BCUT2D eigenvalue weighted by Gasteiger charge is 2.18. The van der Waals surface area contributed by atoms with Gasteiger partial charge in [0.2, 0.25) is 5.91 Å². The van der Waals surface area contributed by atoms with Gasteiger partial charge in [-0.1, -0.05) is 6.08 Å². The summed E-state index contributed by atoms with van der Waals surface area (Å²) in [5.41, 5.74) is 6.87. The Morgan fingerprint density at radius 2 is 2.44 bits per heavy atom. The topological polar surface area (TPSA) is 46.3 Å². The van der Waals surface area contributed by atoms with Gasteiger partial charge < -0.3 is 10.6 Å². The second kappa shape index (κ2) is 6.97. The number of allylic oxidation sites excluding steroid dienone is 2. The first-order valence-electron chi connectivity index (χ1n) is 5.97. The van der Waals surface area contributed by atoms with Crippen LogP contribution in [0.15, 0.2) is 11.8 Å². The van der Waals surface area contributed by atoms with E-state index in [1.165, 1.54) is 12.1 Å². The van der Waals surface area contributed by atoms with E-state index >= 15 is 0 Å². The lowest BCUT2D eigenvalue weighted by molar-refractivity contribution is -0.126. The number of carbonyl (C=O) groups is 1. The van der Waals surface area contributed by atoms with Crippen molar-refractivity contribution in [3.63, 3.8) is 0 Å². The Morgan fingerprint density at radius 3 is 2.94 bits per heavy atom. The van der Waals surface area contributed by atoms with Gasteiger partial charge in [-0.25, -0.2) is 0 Å². The van der Waals surface area contributed by atoms with E-state index in [-0.39, 0.29) is 11.9 Å². The van der Waals surface area contributed by atoms with Gasteiger partial charge in [0.15, 0.2) is 0 Å². The molecule has 0 aromatic heterocycles. The van der Waals surface area contributed by atoms with E-state index in [9.17, 15) is 4.79 Å². The summed E-state index contributed by atoms with van der Waals surface area (Å²) in [6, 6.07) is 0.165. The SMILES string of the molecule is CCN(C(=O)CSCC(C)N)C1=CCCC1. The molecule has 1 rings (SSSR count). The fourth-order valence-electron chi connectivity index (χ4n) is 1.85. The van der Waals surface area contributed by atoms with E-state index < -0.39 is 0 Å². The zero-order valence-corrected chi connectivity index (χ0v) is 11.1. The summed E-state index contributed by atoms with van der Waals surface area (Å²) in [4.78, 5) is 13.9. The van der Waals surface area contributed by atoms with Crippen molar-refractivity contribution in [2.24, 2.45) is 5.73 Å². The first kappa shape index (κ1) is 13.6. The van der Waals surface area contributed by atoms with E-state index in [0.29, 0.717) is 5.75 Å². The molecule has 3 nitrogen and oxygen atoms in total. The Kier molecular flexibility index (Phi) is 5.91. The second-order valence-electron chi connectivity index (χ2n) is 4.22. The smallest absolute Gasteiger partial charge is 0.236 e. The molecule has 1 aliphatic rings. The molecule has 0 aromatic carbocycles. The monoisotopic (exact) mass is 242 g/mol. The molecule has 0 saturated heterocycles. The molecular weight excluding hydrogens is 220 g/mol. The molecular formula is C12H22N2OS. The van der Waals surface area contributed by atoms with E-state index in [0.717, 1.165) is 25.1 Å². The highest BCUT2D eigenvalue weighted by molar-refractivity contribution is 7.99. The van der Waals surface area contributed by atoms with Crippen LogP contribution in [0.25, 0.3) is 0 Å². The van der Waals surface area contributed by atoms with E-state index in [4.69, 9.17) is 5.73 Å². The minimum Gasteiger partial charge on any atom is -0.327 e. The van der Waals surface area contributed by atoms with Crippen LogP contribution < -0.4 is 5.73 Å². The third-order valence-corrected chi connectivity index (χ3v) is 3.80. The van der Waals surface area contributed by atoms with Crippen LogP contribution in [-0.4, -0.2) is 34.9 Å². The van der Waals surface area contributed by atoms with Crippen LogP contribution in [-0.2, 0) is 4.79 Å². The molecule has 16 heavy (non-hydrogen) atoms. The van der Waals surface area contributed by atoms with Gasteiger partial charge in [0, 0.05) is 24.0 Å². The van der Waals surface area contributed by atoms with Gasteiger partial charge in [0.25, 0.3) is 0 Å². The van der Waals surface area contributed by atoms with Crippen LogP contribution >= 0.6 is 11.8 Å². The standard InChI is InChI=1S/C12H22N2OS/c1-3-14(11-6-4-5-7-11)12(15)9-16-8-10(2)13/h6,10H,3-5,7-9,13H2,1-2H3. The lowest BCUT2D eigenvalue weighted by Gasteiger charge is -2.22. The molecule has 1 atom stereocenters. The van der Waals surface area contributed by atoms with Gasteiger partial charge in [-0.2, -0.15) is 11.8 Å². The molecule has 0 bridgehead atoms. The number of nitrogens with zero attached hydrogens (tertiary/aromatic N) is 1. The van der Waals surface area contributed by atoms with Gasteiger partial charge in [0.05, 0.1) is 5.75 Å². The third-order valence-electron chi connectivity index (χ3n) is 2.59. The summed E-state index contributed by atoms with van der Waals surface area (Å²) in [6.45, 7) is 4.78. The molecule has 2 N–H and O–H groups in total. The Bertz CT molecular complexity index is 264. The molecule has 0 saturated carbocycles. The molecule has 0 spiro atoms. The van der Waals surface area contributed by atoms with Crippen molar-refractivity contribution in [1.82, 2.24) is 4.90 Å². The predicted molar refractivity (Wildman–Crippen MR) is 70.3 cm³/mol. The van der Waals surface area contributed by atoms with Gasteiger partial charge in [-0.15, -0.1) is 0 Å². The van der Waals surface area contributed by atoms with Crippen LogP contribution in [0, 0.1) is 0 Å². The minimum atomic E-state index is 0.165. The first-order valence-corrected chi connectivity index (χ1v) is 7.13. The number of thioether (sulfide) groups is 1. The van der Waals surface area contributed by atoms with Crippen LogP contribution in [0.1, 0.15) is 33.1 Å². The van der Waals surface area contributed by atoms with Crippen molar-refractivity contribution in [2.75, 3.05) is 18.1 Å². The maximum absolute atomic E-state index is 12.0. The summed E-state index contributed by atoms with van der Waals surface area (Å²) in [5, 5.41) is 0. The minimum absolute atomic E-state index is 0.165. The number of carbonyl (C=O) groups excluding carboxylic acids is 1. The second-order valence-corrected chi connectivity index (χ2v) is 5.25.